The Labute approximate surface area is 124 Å². The van der Waals surface area contributed by atoms with E-state index in [2.05, 4.69) is 23.5 Å². The number of fused-ring (bicyclic) bond motifs is 1. The lowest BCUT2D eigenvalue weighted by atomic mass is 10.1. The van der Waals surface area contributed by atoms with E-state index in [0.29, 0.717) is 6.54 Å². The molecule has 4 heteroatoms. The average molecular weight is 281 g/mol. The highest BCUT2D eigenvalue weighted by atomic mass is 16.5. The van der Waals surface area contributed by atoms with Crippen LogP contribution in [0.1, 0.15) is 11.3 Å². The first-order valence-corrected chi connectivity index (χ1v) is 7.05. The number of imidazole rings is 1. The molecule has 0 radical (unpaired) electrons. The van der Waals surface area contributed by atoms with Crippen LogP contribution >= 0.6 is 0 Å². The van der Waals surface area contributed by atoms with Gasteiger partial charge in [0.15, 0.2) is 0 Å². The molecule has 0 saturated heterocycles. The van der Waals surface area contributed by atoms with Crippen LogP contribution in [0.4, 0.5) is 0 Å². The Morgan fingerprint density at radius 1 is 1.24 bits per heavy atom. The molecule has 0 spiro atoms. The smallest absolute Gasteiger partial charge is 0.140 e. The van der Waals surface area contributed by atoms with Crippen LogP contribution in [0.25, 0.3) is 16.9 Å². The predicted molar refractivity (Wildman–Crippen MR) is 84.7 cm³/mol. The second-order valence-electron chi connectivity index (χ2n) is 5.06. The number of methoxy groups -OCH3 is 1. The van der Waals surface area contributed by atoms with Crippen LogP contribution in [0.2, 0.25) is 0 Å². The zero-order valence-corrected chi connectivity index (χ0v) is 12.3. The molecule has 0 amide bonds. The van der Waals surface area contributed by atoms with Gasteiger partial charge in [0.2, 0.25) is 0 Å². The van der Waals surface area contributed by atoms with Gasteiger partial charge >= 0.3 is 0 Å². The molecule has 4 nitrogen and oxygen atoms in total. The molecule has 0 saturated carbocycles. The summed E-state index contributed by atoms with van der Waals surface area (Å²) < 4.78 is 7.47. The summed E-state index contributed by atoms with van der Waals surface area (Å²) in [4.78, 5) is 4.78. The van der Waals surface area contributed by atoms with Crippen molar-refractivity contribution in [2.45, 2.75) is 13.3 Å². The van der Waals surface area contributed by atoms with Gasteiger partial charge in [-0.25, -0.2) is 4.98 Å². The lowest BCUT2D eigenvalue weighted by molar-refractivity contribution is 0.415. The van der Waals surface area contributed by atoms with Gasteiger partial charge in [-0.3, -0.25) is 4.40 Å². The number of ether oxygens (including phenoxy) is 1. The third kappa shape index (κ3) is 2.38. The van der Waals surface area contributed by atoms with Gasteiger partial charge in [-0.05, 0) is 37.2 Å². The lowest BCUT2D eigenvalue weighted by Gasteiger charge is -2.07. The molecule has 2 aromatic heterocycles. The lowest BCUT2D eigenvalue weighted by Crippen LogP contribution is -2.04. The quantitative estimate of drug-likeness (QED) is 0.800. The highest BCUT2D eigenvalue weighted by molar-refractivity contribution is 5.70. The van der Waals surface area contributed by atoms with Crippen molar-refractivity contribution >= 4 is 5.65 Å². The summed E-state index contributed by atoms with van der Waals surface area (Å²) >= 11 is 0. The average Bonchev–Trinajstić information content (AvgIpc) is 2.87. The number of aryl methyl sites for hydroxylation is 1. The van der Waals surface area contributed by atoms with E-state index in [9.17, 15) is 0 Å². The molecule has 1 aromatic carbocycles. The molecule has 0 atom stereocenters. The monoisotopic (exact) mass is 281 g/mol. The van der Waals surface area contributed by atoms with Gasteiger partial charge in [0.25, 0.3) is 0 Å². The van der Waals surface area contributed by atoms with E-state index < -0.39 is 0 Å². The van der Waals surface area contributed by atoms with Crippen LogP contribution in [0.15, 0.2) is 42.6 Å². The Balaban J connectivity index is 2.28. The minimum Gasteiger partial charge on any atom is -0.497 e. The maximum atomic E-state index is 5.75. The van der Waals surface area contributed by atoms with Crippen molar-refractivity contribution < 1.29 is 4.74 Å². The zero-order chi connectivity index (χ0) is 14.8. The first kappa shape index (κ1) is 13.6. The molecule has 108 valence electrons. The highest BCUT2D eigenvalue weighted by Crippen LogP contribution is 2.29. The number of pyridine rings is 1. The molecular weight excluding hydrogens is 262 g/mol. The van der Waals surface area contributed by atoms with Crippen LogP contribution < -0.4 is 10.5 Å². The van der Waals surface area contributed by atoms with Crippen molar-refractivity contribution in [3.05, 3.63) is 53.9 Å². The van der Waals surface area contributed by atoms with Crippen molar-refractivity contribution in [3.63, 3.8) is 0 Å². The van der Waals surface area contributed by atoms with Crippen LogP contribution in [0, 0.1) is 6.92 Å². The maximum absolute atomic E-state index is 5.75. The largest absolute Gasteiger partial charge is 0.497 e. The van der Waals surface area contributed by atoms with Gasteiger partial charge in [0.1, 0.15) is 11.4 Å². The van der Waals surface area contributed by atoms with Crippen LogP contribution in [-0.4, -0.2) is 23.0 Å². The topological polar surface area (TPSA) is 52.5 Å². The number of hydrogen-bond donors (Lipinski definition) is 1. The SMILES string of the molecule is COc1cccc(-c2c(CCN)nc3c(C)cccn23)c1. The van der Waals surface area contributed by atoms with E-state index >= 15 is 0 Å². The Hall–Kier alpha value is -2.33. The molecule has 0 fully saturated rings. The Bertz CT molecular complexity index is 777. The molecule has 3 rings (SSSR count). The van der Waals surface area contributed by atoms with Crippen molar-refractivity contribution in [2.24, 2.45) is 5.73 Å². The summed E-state index contributed by atoms with van der Waals surface area (Å²) in [5, 5.41) is 0. The number of aromatic nitrogens is 2. The normalized spacial score (nSPS) is 11.0. The summed E-state index contributed by atoms with van der Waals surface area (Å²) in [7, 11) is 1.68. The summed E-state index contributed by atoms with van der Waals surface area (Å²) in [6.07, 6.45) is 2.80. The van der Waals surface area contributed by atoms with E-state index in [0.717, 1.165) is 40.3 Å². The second-order valence-corrected chi connectivity index (χ2v) is 5.06. The molecule has 0 unspecified atom stereocenters. The van der Waals surface area contributed by atoms with E-state index in [4.69, 9.17) is 15.5 Å². The van der Waals surface area contributed by atoms with Crippen LogP contribution in [0.5, 0.6) is 5.75 Å². The zero-order valence-electron chi connectivity index (χ0n) is 12.3. The van der Waals surface area contributed by atoms with Crippen LogP contribution in [0.3, 0.4) is 0 Å². The first-order valence-electron chi connectivity index (χ1n) is 7.05. The fourth-order valence-corrected chi connectivity index (χ4v) is 2.64. The summed E-state index contributed by atoms with van der Waals surface area (Å²) in [5.41, 5.74) is 11.1. The van der Waals surface area contributed by atoms with E-state index in [1.807, 2.05) is 30.5 Å². The maximum Gasteiger partial charge on any atom is 0.140 e. The van der Waals surface area contributed by atoms with Crippen molar-refractivity contribution in [1.29, 1.82) is 0 Å². The van der Waals surface area contributed by atoms with Crippen molar-refractivity contribution in [2.75, 3.05) is 13.7 Å². The Kier molecular flexibility index (Phi) is 3.62. The molecule has 2 heterocycles. The van der Waals surface area contributed by atoms with Gasteiger partial charge in [0.05, 0.1) is 18.5 Å². The Morgan fingerprint density at radius 3 is 2.86 bits per heavy atom. The van der Waals surface area contributed by atoms with Gasteiger partial charge in [-0.2, -0.15) is 0 Å². The molecule has 0 aliphatic rings. The molecule has 21 heavy (non-hydrogen) atoms. The van der Waals surface area contributed by atoms with Gasteiger partial charge < -0.3 is 10.5 Å². The fourth-order valence-electron chi connectivity index (χ4n) is 2.64. The highest BCUT2D eigenvalue weighted by Gasteiger charge is 2.15. The standard InChI is InChI=1S/C17H19N3O/c1-12-5-4-10-20-16(15(8-9-18)19-17(12)20)13-6-3-7-14(11-13)21-2/h3-7,10-11H,8-9,18H2,1-2H3. The fraction of sp³-hybridized carbons (Fsp3) is 0.235. The number of nitrogens with two attached hydrogens (primary N) is 1. The summed E-state index contributed by atoms with van der Waals surface area (Å²) in [6, 6.07) is 12.2. The minimum absolute atomic E-state index is 0.583. The summed E-state index contributed by atoms with van der Waals surface area (Å²) in [5.74, 6) is 0.841. The molecule has 0 bridgehead atoms. The second kappa shape index (κ2) is 5.58. The van der Waals surface area contributed by atoms with Gasteiger partial charge in [-0.1, -0.05) is 18.2 Å². The summed E-state index contributed by atoms with van der Waals surface area (Å²) in [6.45, 7) is 2.66. The first-order chi connectivity index (χ1) is 10.2. The number of benzene rings is 1. The molecular formula is C17H19N3O. The van der Waals surface area contributed by atoms with E-state index in [-0.39, 0.29) is 0 Å². The third-order valence-corrected chi connectivity index (χ3v) is 3.64. The minimum atomic E-state index is 0.583. The van der Waals surface area contributed by atoms with Gasteiger partial charge in [-0.15, -0.1) is 0 Å². The molecule has 0 aliphatic carbocycles. The Morgan fingerprint density at radius 2 is 2.10 bits per heavy atom. The predicted octanol–water partition coefficient (Wildman–Crippen LogP) is 2.82. The molecule has 2 N–H and O–H groups in total. The van der Waals surface area contributed by atoms with Crippen molar-refractivity contribution in [1.82, 2.24) is 9.38 Å². The van der Waals surface area contributed by atoms with E-state index in [1.165, 1.54) is 0 Å². The van der Waals surface area contributed by atoms with Gasteiger partial charge in [0, 0.05) is 18.2 Å². The number of rotatable bonds is 4. The molecule has 0 aliphatic heterocycles. The number of nitrogens with zero attached hydrogens (tertiary/aromatic N) is 2. The molecule has 3 aromatic rings. The van der Waals surface area contributed by atoms with Crippen LogP contribution in [-0.2, 0) is 6.42 Å². The third-order valence-electron chi connectivity index (χ3n) is 3.64. The number of hydrogen-bond acceptors (Lipinski definition) is 3. The van der Waals surface area contributed by atoms with Crippen molar-refractivity contribution in [3.8, 4) is 17.0 Å². The van der Waals surface area contributed by atoms with E-state index in [1.54, 1.807) is 7.11 Å².